The van der Waals surface area contributed by atoms with E-state index in [0.29, 0.717) is 17.6 Å². The number of hydrogen-bond donors (Lipinski definition) is 4. The number of aliphatic hydroxyl groups is 2. The molecule has 124 valence electrons. The molecule has 0 amide bonds. The quantitative estimate of drug-likeness (QED) is 0.304. The van der Waals surface area contributed by atoms with Gasteiger partial charge >= 0.3 is 11.6 Å². The Hall–Kier alpha value is -2.30. The fourth-order valence-electron chi connectivity index (χ4n) is 2.46. The molecule has 3 rings (SSSR count). The maximum Gasteiger partial charge on any atom is 0.313 e. The van der Waals surface area contributed by atoms with Crippen molar-refractivity contribution < 1.29 is 19.5 Å². The fourth-order valence-corrected chi connectivity index (χ4v) is 2.46. The van der Waals surface area contributed by atoms with E-state index in [1.54, 1.807) is 29.9 Å². The average molecular weight is 323 g/mol. The predicted molar refractivity (Wildman–Crippen MR) is 80.4 cm³/mol. The van der Waals surface area contributed by atoms with Crippen molar-refractivity contribution in [3.8, 4) is 0 Å². The molecule has 0 saturated carbocycles. The number of nitrogens with zero attached hydrogens (tertiary/aromatic N) is 4. The van der Waals surface area contributed by atoms with Gasteiger partial charge in [0.2, 0.25) is 5.52 Å². The van der Waals surface area contributed by atoms with Crippen LogP contribution in [0.4, 0.5) is 5.95 Å². The van der Waals surface area contributed by atoms with Crippen molar-refractivity contribution in [1.82, 2.24) is 19.9 Å². The summed E-state index contributed by atoms with van der Waals surface area (Å²) in [6, 6.07) is 0. The lowest BCUT2D eigenvalue weighted by atomic mass is 10.2. The third kappa shape index (κ3) is 2.96. The second-order valence-corrected chi connectivity index (χ2v) is 5.59. The molecule has 0 aromatic carbocycles. The number of aliphatic imine (C=N–C) groups is 1. The average Bonchev–Trinajstić information content (AvgIpc) is 3.08. The maximum atomic E-state index is 12.1. The lowest BCUT2D eigenvalue weighted by Crippen LogP contribution is -2.39. The molecule has 10 nitrogen and oxygen atoms in total. The van der Waals surface area contributed by atoms with Crippen LogP contribution in [0.5, 0.6) is 0 Å². The van der Waals surface area contributed by atoms with Crippen LogP contribution in [-0.2, 0) is 4.74 Å². The molecule has 0 aliphatic carbocycles. The van der Waals surface area contributed by atoms with Gasteiger partial charge in [0.15, 0.2) is 12.6 Å². The minimum atomic E-state index is -0.768. The molecule has 0 radical (unpaired) electrons. The highest BCUT2D eigenvalue weighted by Crippen LogP contribution is 2.25. The third-order valence-corrected chi connectivity index (χ3v) is 3.59. The monoisotopic (exact) mass is 323 g/mol. The van der Waals surface area contributed by atoms with Crippen molar-refractivity contribution in [2.75, 3.05) is 20.7 Å². The fraction of sp³-hybridized carbons (Fsp3) is 0.538. The Morgan fingerprint density at radius 3 is 3.04 bits per heavy atom. The molecule has 1 aliphatic heterocycles. The first kappa shape index (κ1) is 15.6. The van der Waals surface area contributed by atoms with Crippen LogP contribution in [0.3, 0.4) is 0 Å². The van der Waals surface area contributed by atoms with Gasteiger partial charge in [0.1, 0.15) is 6.10 Å². The highest BCUT2D eigenvalue weighted by molar-refractivity contribution is 5.67. The molecule has 3 unspecified atom stereocenters. The van der Waals surface area contributed by atoms with Crippen LogP contribution in [0.2, 0.25) is 0 Å². The minimum Gasteiger partial charge on any atom is -0.394 e. The Balaban J connectivity index is 2.00. The number of nitrogens with one attached hydrogen (secondary N) is 2. The SMILES string of the molecule is CN(C)C=Nc1nc2c([nH]c[n+]2C2CC(O)C(CO)O2)c(=O)[nH]1. The molecule has 1 fully saturated rings. The number of ether oxygens (including phenoxy) is 1. The Morgan fingerprint density at radius 2 is 2.39 bits per heavy atom. The Bertz CT molecular complexity index is 782. The van der Waals surface area contributed by atoms with E-state index in [0.717, 1.165) is 0 Å². The number of aromatic nitrogens is 4. The molecule has 23 heavy (non-hydrogen) atoms. The van der Waals surface area contributed by atoms with Crippen LogP contribution in [0.15, 0.2) is 16.1 Å². The van der Waals surface area contributed by atoms with Gasteiger partial charge in [-0.1, -0.05) is 4.98 Å². The summed E-state index contributed by atoms with van der Waals surface area (Å²) in [4.78, 5) is 27.6. The molecule has 3 atom stereocenters. The van der Waals surface area contributed by atoms with E-state index in [1.165, 1.54) is 6.34 Å². The Labute approximate surface area is 131 Å². The van der Waals surface area contributed by atoms with Crippen molar-refractivity contribution in [3.63, 3.8) is 0 Å². The van der Waals surface area contributed by atoms with Gasteiger partial charge in [0.25, 0.3) is 5.56 Å². The smallest absolute Gasteiger partial charge is 0.313 e. The number of aromatic amines is 2. The lowest BCUT2D eigenvalue weighted by Gasteiger charge is -2.10. The van der Waals surface area contributed by atoms with Crippen molar-refractivity contribution in [1.29, 1.82) is 0 Å². The Kier molecular flexibility index (Phi) is 4.11. The van der Waals surface area contributed by atoms with Crippen LogP contribution in [0.1, 0.15) is 12.6 Å². The first-order valence-electron chi connectivity index (χ1n) is 7.17. The standard InChI is InChI=1S/C13H18N6O4/c1-18(2)5-15-13-16-11-10(12(22)17-13)14-6-19(11)9-3-7(21)8(4-20)23-9/h5-9,20-21H,3-4H2,1-2H3,(H,16,17,22)/p+1. The van der Waals surface area contributed by atoms with Crippen molar-refractivity contribution in [3.05, 3.63) is 16.7 Å². The molecule has 1 aliphatic rings. The van der Waals surface area contributed by atoms with Gasteiger partial charge in [0, 0.05) is 20.5 Å². The second kappa shape index (κ2) is 6.07. The molecule has 1 saturated heterocycles. The van der Waals surface area contributed by atoms with E-state index in [1.807, 2.05) is 0 Å². The summed E-state index contributed by atoms with van der Waals surface area (Å²) in [5, 5.41) is 19.0. The lowest BCUT2D eigenvalue weighted by molar-refractivity contribution is -0.738. The molecule has 2 aromatic rings. The normalized spacial score (nSPS) is 24.8. The third-order valence-electron chi connectivity index (χ3n) is 3.59. The molecule has 4 N–H and O–H groups in total. The van der Waals surface area contributed by atoms with Crippen LogP contribution < -0.4 is 10.1 Å². The number of rotatable bonds is 4. The number of imidazole rings is 1. The summed E-state index contributed by atoms with van der Waals surface area (Å²) < 4.78 is 7.22. The summed E-state index contributed by atoms with van der Waals surface area (Å²) in [6.07, 6.45) is 1.45. The van der Waals surface area contributed by atoms with Crippen molar-refractivity contribution in [2.24, 2.45) is 4.99 Å². The largest absolute Gasteiger partial charge is 0.394 e. The van der Waals surface area contributed by atoms with E-state index < -0.39 is 18.4 Å². The molecule has 3 heterocycles. The van der Waals surface area contributed by atoms with Crippen LogP contribution in [0.25, 0.3) is 11.2 Å². The van der Waals surface area contributed by atoms with Crippen LogP contribution in [-0.4, -0.2) is 69.3 Å². The summed E-state index contributed by atoms with van der Waals surface area (Å²) in [6.45, 7) is -0.271. The zero-order valence-corrected chi connectivity index (χ0v) is 12.8. The van der Waals surface area contributed by atoms with E-state index in [-0.39, 0.29) is 18.1 Å². The number of aliphatic hydroxyl groups excluding tert-OH is 2. The molecule has 0 spiro atoms. The first-order valence-corrected chi connectivity index (χ1v) is 7.17. The van der Waals surface area contributed by atoms with Crippen LogP contribution in [0, 0.1) is 0 Å². The summed E-state index contributed by atoms with van der Waals surface area (Å²) in [5.41, 5.74) is 0.312. The zero-order valence-electron chi connectivity index (χ0n) is 12.8. The van der Waals surface area contributed by atoms with E-state index >= 15 is 0 Å². The van der Waals surface area contributed by atoms with E-state index in [2.05, 4.69) is 19.9 Å². The van der Waals surface area contributed by atoms with Gasteiger partial charge in [-0.15, -0.1) is 0 Å². The van der Waals surface area contributed by atoms with Gasteiger partial charge in [-0.25, -0.2) is 4.57 Å². The van der Waals surface area contributed by atoms with Gasteiger partial charge in [-0.05, 0) is 0 Å². The zero-order chi connectivity index (χ0) is 16.6. The second-order valence-electron chi connectivity index (χ2n) is 5.59. The van der Waals surface area contributed by atoms with Crippen LogP contribution >= 0.6 is 0 Å². The molecule has 2 aromatic heterocycles. The summed E-state index contributed by atoms with van der Waals surface area (Å²) in [5.74, 6) is 0.168. The van der Waals surface area contributed by atoms with Crippen molar-refractivity contribution >= 4 is 23.5 Å². The first-order chi connectivity index (χ1) is 11.0. The minimum absolute atomic E-state index is 0.168. The molecule has 0 bridgehead atoms. The summed E-state index contributed by atoms with van der Waals surface area (Å²) >= 11 is 0. The number of H-pyrrole nitrogens is 2. The molecular formula is C13H19N6O4+. The van der Waals surface area contributed by atoms with Gasteiger partial charge in [-0.3, -0.25) is 14.8 Å². The number of fused-ring (bicyclic) bond motifs is 1. The van der Waals surface area contributed by atoms with E-state index in [4.69, 9.17) is 4.74 Å². The summed E-state index contributed by atoms with van der Waals surface area (Å²) in [7, 11) is 3.61. The van der Waals surface area contributed by atoms with Gasteiger partial charge < -0.3 is 19.8 Å². The topological polar surface area (TPSA) is 131 Å². The van der Waals surface area contributed by atoms with Crippen molar-refractivity contribution in [2.45, 2.75) is 24.9 Å². The highest BCUT2D eigenvalue weighted by atomic mass is 16.5. The van der Waals surface area contributed by atoms with E-state index in [9.17, 15) is 15.0 Å². The molecular weight excluding hydrogens is 304 g/mol. The van der Waals surface area contributed by atoms with Gasteiger partial charge in [0.05, 0.1) is 19.0 Å². The Morgan fingerprint density at radius 1 is 1.61 bits per heavy atom. The highest BCUT2D eigenvalue weighted by Gasteiger charge is 2.38. The molecule has 10 heteroatoms. The number of hydrogen-bond acceptors (Lipinski definition) is 6. The maximum absolute atomic E-state index is 12.1. The van der Waals surface area contributed by atoms with Gasteiger partial charge in [-0.2, -0.15) is 4.99 Å². The predicted octanol–water partition coefficient (Wildman–Crippen LogP) is -1.60.